The van der Waals surface area contributed by atoms with Crippen LogP contribution in [0.2, 0.25) is 0 Å². The molecule has 0 bridgehead atoms. The first kappa shape index (κ1) is 13.4. The van der Waals surface area contributed by atoms with Gasteiger partial charge in [0.2, 0.25) is 0 Å². The number of nitro groups is 1. The van der Waals surface area contributed by atoms with E-state index in [9.17, 15) is 10.1 Å². The lowest BCUT2D eigenvalue weighted by molar-refractivity contribution is -0.384. The minimum atomic E-state index is -0.409. The van der Waals surface area contributed by atoms with Gasteiger partial charge >= 0.3 is 5.69 Å². The van der Waals surface area contributed by atoms with Gasteiger partial charge in [0.05, 0.1) is 4.92 Å². The molecule has 1 aromatic rings. The summed E-state index contributed by atoms with van der Waals surface area (Å²) in [4.78, 5) is 14.1. The Hall–Kier alpha value is -1.65. The molecule has 1 rings (SSSR count). The van der Waals surface area contributed by atoms with E-state index in [0.717, 1.165) is 12.8 Å². The highest BCUT2D eigenvalue weighted by Crippen LogP contribution is 2.23. The number of anilines is 1. The molecule has 0 spiro atoms. The van der Waals surface area contributed by atoms with E-state index in [0.29, 0.717) is 5.69 Å². The van der Waals surface area contributed by atoms with Crippen LogP contribution in [-0.4, -0.2) is 15.9 Å². The average Bonchev–Trinajstić information content (AvgIpc) is 2.29. The van der Waals surface area contributed by atoms with Crippen molar-refractivity contribution in [1.29, 1.82) is 0 Å². The molecule has 5 heteroatoms. The maximum Gasteiger partial charge on any atom is 0.310 e. The Morgan fingerprint density at radius 2 is 2.29 bits per heavy atom. The fraction of sp³-hybridized carbons (Fsp3) is 0.583. The Morgan fingerprint density at radius 1 is 1.53 bits per heavy atom. The molecule has 0 aliphatic carbocycles. The summed E-state index contributed by atoms with van der Waals surface area (Å²) < 4.78 is 0. The van der Waals surface area contributed by atoms with Gasteiger partial charge in [0.1, 0.15) is 11.9 Å². The number of pyridine rings is 1. The second kappa shape index (κ2) is 6.83. The van der Waals surface area contributed by atoms with E-state index >= 15 is 0 Å². The minimum Gasteiger partial charge on any atom is -0.377 e. The topological polar surface area (TPSA) is 68.1 Å². The zero-order valence-electron chi connectivity index (χ0n) is 10.3. The molecule has 0 fully saturated rings. The normalized spacial score (nSPS) is 12.1. The van der Waals surface area contributed by atoms with Crippen LogP contribution in [0.25, 0.3) is 0 Å². The molecular weight excluding hydrogens is 218 g/mol. The number of rotatable bonds is 7. The van der Waals surface area contributed by atoms with E-state index < -0.39 is 4.92 Å². The van der Waals surface area contributed by atoms with Crippen molar-refractivity contribution in [3.8, 4) is 0 Å². The molecular formula is C12H19N3O2. The van der Waals surface area contributed by atoms with Crippen molar-refractivity contribution >= 4 is 11.4 Å². The molecule has 1 atom stereocenters. The third-order valence-electron chi connectivity index (χ3n) is 2.64. The third-order valence-corrected chi connectivity index (χ3v) is 2.64. The zero-order chi connectivity index (χ0) is 12.7. The molecule has 94 valence electrons. The molecule has 0 saturated heterocycles. The summed E-state index contributed by atoms with van der Waals surface area (Å²) in [7, 11) is 0. The van der Waals surface area contributed by atoms with Crippen molar-refractivity contribution in [3.05, 3.63) is 28.6 Å². The molecule has 1 heterocycles. The van der Waals surface area contributed by atoms with E-state index in [4.69, 9.17) is 0 Å². The van der Waals surface area contributed by atoms with Gasteiger partial charge in [0, 0.05) is 12.2 Å². The lowest BCUT2D eigenvalue weighted by Crippen LogP contribution is -2.15. The van der Waals surface area contributed by atoms with Crippen molar-refractivity contribution in [2.75, 3.05) is 5.32 Å². The number of unbranched alkanes of at least 4 members (excludes halogenated alkanes) is 2. The minimum absolute atomic E-state index is 0.0369. The van der Waals surface area contributed by atoms with Crippen molar-refractivity contribution < 1.29 is 4.92 Å². The number of aromatic nitrogens is 1. The summed E-state index contributed by atoms with van der Waals surface area (Å²) in [6.45, 7) is 4.20. The van der Waals surface area contributed by atoms with Crippen molar-refractivity contribution in [2.45, 2.75) is 45.6 Å². The average molecular weight is 237 g/mol. The molecule has 1 N–H and O–H groups in total. The fourth-order valence-electron chi connectivity index (χ4n) is 1.69. The molecule has 5 nitrogen and oxygen atoms in total. The van der Waals surface area contributed by atoms with Gasteiger partial charge in [-0.2, -0.15) is 0 Å². The highest BCUT2D eigenvalue weighted by Gasteiger charge is 2.14. The summed E-state index contributed by atoms with van der Waals surface area (Å²) in [6.07, 6.45) is 7.39. The van der Waals surface area contributed by atoms with Crippen LogP contribution in [0.5, 0.6) is 0 Å². The van der Waals surface area contributed by atoms with Gasteiger partial charge in [0.25, 0.3) is 0 Å². The maximum atomic E-state index is 10.8. The first-order chi connectivity index (χ1) is 8.15. The van der Waals surface area contributed by atoms with Gasteiger partial charge in [-0.05, 0) is 19.4 Å². The van der Waals surface area contributed by atoms with Crippen LogP contribution >= 0.6 is 0 Å². The number of nitrogens with one attached hydrogen (secondary N) is 1. The van der Waals surface area contributed by atoms with Gasteiger partial charge in [-0.25, -0.2) is 0 Å². The van der Waals surface area contributed by atoms with Crippen molar-refractivity contribution in [1.82, 2.24) is 4.98 Å². The number of nitrogens with zero attached hydrogens (tertiary/aromatic N) is 2. The van der Waals surface area contributed by atoms with Crippen LogP contribution in [0.3, 0.4) is 0 Å². The SMILES string of the molecule is CCCCCC(C)Nc1ccncc1[N+](=O)[O-]. The van der Waals surface area contributed by atoms with Crippen molar-refractivity contribution in [2.24, 2.45) is 0 Å². The summed E-state index contributed by atoms with van der Waals surface area (Å²) >= 11 is 0. The molecule has 0 amide bonds. The fourth-order valence-corrected chi connectivity index (χ4v) is 1.69. The molecule has 0 radical (unpaired) electrons. The maximum absolute atomic E-state index is 10.8. The highest BCUT2D eigenvalue weighted by molar-refractivity contribution is 5.59. The van der Waals surface area contributed by atoms with Crippen LogP contribution in [0.1, 0.15) is 39.5 Å². The van der Waals surface area contributed by atoms with Crippen LogP contribution in [0, 0.1) is 10.1 Å². The lowest BCUT2D eigenvalue weighted by Gasteiger charge is -2.14. The summed E-state index contributed by atoms with van der Waals surface area (Å²) in [5.41, 5.74) is 0.587. The molecule has 0 saturated carbocycles. The number of hydrogen-bond donors (Lipinski definition) is 1. The Balaban J connectivity index is 2.58. The monoisotopic (exact) mass is 237 g/mol. The van der Waals surface area contributed by atoms with E-state index in [-0.39, 0.29) is 11.7 Å². The van der Waals surface area contributed by atoms with E-state index in [2.05, 4.69) is 17.2 Å². The molecule has 1 aromatic heterocycles. The second-order valence-electron chi connectivity index (χ2n) is 4.19. The summed E-state index contributed by atoms with van der Waals surface area (Å²) in [5, 5.41) is 14.0. The summed E-state index contributed by atoms with van der Waals surface area (Å²) in [6, 6.07) is 1.89. The Labute approximate surface area is 101 Å². The Morgan fingerprint density at radius 3 is 2.94 bits per heavy atom. The molecule has 0 aliphatic heterocycles. The van der Waals surface area contributed by atoms with E-state index in [1.54, 1.807) is 12.3 Å². The van der Waals surface area contributed by atoms with Crippen LogP contribution in [0.4, 0.5) is 11.4 Å². The van der Waals surface area contributed by atoms with Crippen LogP contribution in [-0.2, 0) is 0 Å². The van der Waals surface area contributed by atoms with E-state index in [1.165, 1.54) is 19.0 Å². The van der Waals surface area contributed by atoms with Gasteiger partial charge in [-0.15, -0.1) is 0 Å². The summed E-state index contributed by atoms with van der Waals surface area (Å²) in [5.74, 6) is 0. The third kappa shape index (κ3) is 4.38. The predicted molar refractivity (Wildman–Crippen MR) is 68.1 cm³/mol. The second-order valence-corrected chi connectivity index (χ2v) is 4.19. The van der Waals surface area contributed by atoms with Crippen molar-refractivity contribution in [3.63, 3.8) is 0 Å². The standard InChI is InChI=1S/C12H19N3O2/c1-3-4-5-6-10(2)14-11-7-8-13-9-12(11)15(16)17/h7-10H,3-6H2,1-2H3,(H,13,14). The lowest BCUT2D eigenvalue weighted by atomic mass is 10.1. The van der Waals surface area contributed by atoms with Gasteiger partial charge in [0.15, 0.2) is 0 Å². The molecule has 0 aliphatic rings. The predicted octanol–water partition coefficient (Wildman–Crippen LogP) is 3.37. The molecule has 1 unspecified atom stereocenters. The van der Waals surface area contributed by atoms with Gasteiger partial charge in [-0.1, -0.05) is 26.2 Å². The Kier molecular flexibility index (Phi) is 5.39. The van der Waals surface area contributed by atoms with Gasteiger partial charge < -0.3 is 5.32 Å². The highest BCUT2D eigenvalue weighted by atomic mass is 16.6. The van der Waals surface area contributed by atoms with E-state index in [1.807, 2.05) is 6.92 Å². The largest absolute Gasteiger partial charge is 0.377 e. The number of hydrogen-bond acceptors (Lipinski definition) is 4. The molecule has 17 heavy (non-hydrogen) atoms. The quantitative estimate of drug-likeness (QED) is 0.448. The van der Waals surface area contributed by atoms with Gasteiger partial charge in [-0.3, -0.25) is 15.1 Å². The zero-order valence-corrected chi connectivity index (χ0v) is 10.3. The molecule has 0 aromatic carbocycles. The van der Waals surface area contributed by atoms with Crippen LogP contribution < -0.4 is 5.32 Å². The Bertz CT molecular complexity index is 369. The van der Waals surface area contributed by atoms with Crippen LogP contribution in [0.15, 0.2) is 18.5 Å². The smallest absolute Gasteiger partial charge is 0.310 e. The first-order valence-corrected chi connectivity index (χ1v) is 6.00. The first-order valence-electron chi connectivity index (χ1n) is 6.00.